The van der Waals surface area contributed by atoms with Crippen LogP contribution in [0.4, 0.5) is 4.39 Å². The van der Waals surface area contributed by atoms with Crippen LogP contribution < -0.4 is 10.5 Å². The molecule has 1 unspecified atom stereocenters. The second-order valence-corrected chi connectivity index (χ2v) is 6.93. The fourth-order valence-corrected chi connectivity index (χ4v) is 3.15. The van der Waals surface area contributed by atoms with Gasteiger partial charge in [0.05, 0.1) is 6.04 Å². The minimum atomic E-state index is -4.02. The summed E-state index contributed by atoms with van der Waals surface area (Å²) in [7, 11) is -4.02. The van der Waals surface area contributed by atoms with E-state index in [1.807, 2.05) is 0 Å². The van der Waals surface area contributed by atoms with Crippen LogP contribution in [-0.4, -0.2) is 38.9 Å². The largest absolute Gasteiger partial charge is 0.438 e. The topological polar surface area (TPSA) is 106 Å². The Balaban J connectivity index is 0.00000225. The van der Waals surface area contributed by atoms with Crippen LogP contribution in [0.3, 0.4) is 0 Å². The van der Waals surface area contributed by atoms with Crippen LogP contribution in [-0.2, 0) is 10.0 Å². The van der Waals surface area contributed by atoms with Gasteiger partial charge in [0.2, 0.25) is 5.09 Å². The lowest BCUT2D eigenvalue weighted by Gasteiger charge is -2.36. The van der Waals surface area contributed by atoms with Gasteiger partial charge in [-0.15, -0.1) is 12.4 Å². The predicted octanol–water partition coefficient (Wildman–Crippen LogP) is 1.27. The molecule has 10 heteroatoms. The monoisotopic (exact) mass is 389 g/mol. The number of hydrogen-bond donors (Lipinski definition) is 2. The van der Waals surface area contributed by atoms with Crippen molar-refractivity contribution in [3.63, 3.8) is 0 Å². The number of carbonyl (C=O) groups is 1. The Labute approximate surface area is 150 Å². The zero-order valence-electron chi connectivity index (χ0n) is 13.0. The van der Waals surface area contributed by atoms with Crippen molar-refractivity contribution in [2.45, 2.75) is 11.1 Å². The van der Waals surface area contributed by atoms with Gasteiger partial charge in [-0.25, -0.2) is 17.9 Å². The van der Waals surface area contributed by atoms with Gasteiger partial charge in [-0.3, -0.25) is 4.79 Å². The highest BCUT2D eigenvalue weighted by atomic mass is 35.5. The van der Waals surface area contributed by atoms with E-state index in [1.165, 1.54) is 23.1 Å². The molecule has 0 saturated carbocycles. The summed E-state index contributed by atoms with van der Waals surface area (Å²) in [6.45, 7) is 1.41. The van der Waals surface area contributed by atoms with E-state index in [2.05, 4.69) is 5.32 Å². The van der Waals surface area contributed by atoms with E-state index in [4.69, 9.17) is 9.56 Å². The molecule has 1 aliphatic rings. The maximum absolute atomic E-state index is 13.5. The molecule has 3 N–H and O–H groups in total. The number of primary sulfonamides is 1. The average Bonchev–Trinajstić information content (AvgIpc) is 3.04. The van der Waals surface area contributed by atoms with Crippen LogP contribution in [0.15, 0.2) is 45.9 Å². The van der Waals surface area contributed by atoms with Crippen molar-refractivity contribution in [2.24, 2.45) is 5.14 Å². The second kappa shape index (κ2) is 7.52. The molecule has 136 valence electrons. The highest BCUT2D eigenvalue weighted by Crippen LogP contribution is 2.25. The summed E-state index contributed by atoms with van der Waals surface area (Å²) in [4.78, 5) is 14.2. The molecule has 1 aromatic heterocycles. The van der Waals surface area contributed by atoms with Crippen LogP contribution in [0, 0.1) is 5.82 Å². The summed E-state index contributed by atoms with van der Waals surface area (Å²) in [6.07, 6.45) is 0. The maximum atomic E-state index is 13.5. The molecule has 1 saturated heterocycles. The third-order valence-electron chi connectivity index (χ3n) is 3.81. The summed E-state index contributed by atoms with van der Waals surface area (Å²) >= 11 is 0. The molecule has 1 atom stereocenters. The van der Waals surface area contributed by atoms with Crippen molar-refractivity contribution >= 4 is 28.3 Å². The number of nitrogens with one attached hydrogen (secondary N) is 1. The van der Waals surface area contributed by atoms with Crippen molar-refractivity contribution < 1.29 is 22.0 Å². The fraction of sp³-hybridized carbons (Fsp3) is 0.267. The first-order valence-corrected chi connectivity index (χ1v) is 8.80. The molecule has 1 amide bonds. The van der Waals surface area contributed by atoms with E-state index in [0.717, 1.165) is 6.07 Å². The van der Waals surface area contributed by atoms with Crippen LogP contribution in [0.5, 0.6) is 0 Å². The lowest BCUT2D eigenvalue weighted by Crippen LogP contribution is -2.48. The number of sulfonamides is 1. The number of piperazine rings is 1. The molecule has 1 fully saturated rings. The zero-order valence-corrected chi connectivity index (χ0v) is 14.6. The van der Waals surface area contributed by atoms with Crippen molar-refractivity contribution in [3.05, 3.63) is 53.5 Å². The quantitative estimate of drug-likeness (QED) is 0.822. The van der Waals surface area contributed by atoms with Crippen molar-refractivity contribution in [1.29, 1.82) is 0 Å². The Kier molecular flexibility index (Phi) is 5.83. The van der Waals surface area contributed by atoms with Crippen molar-refractivity contribution in [1.82, 2.24) is 10.2 Å². The molecule has 25 heavy (non-hydrogen) atoms. The molecule has 2 aromatic rings. The highest BCUT2D eigenvalue weighted by molar-refractivity contribution is 7.89. The number of amides is 1. The number of benzene rings is 1. The van der Waals surface area contributed by atoms with Gasteiger partial charge in [0.15, 0.2) is 5.76 Å². The van der Waals surface area contributed by atoms with Gasteiger partial charge in [0.1, 0.15) is 5.82 Å². The van der Waals surface area contributed by atoms with Crippen molar-refractivity contribution in [3.8, 4) is 0 Å². The van der Waals surface area contributed by atoms with E-state index in [9.17, 15) is 17.6 Å². The molecule has 0 bridgehead atoms. The van der Waals surface area contributed by atoms with Gasteiger partial charge in [0.25, 0.3) is 15.9 Å². The Bertz CT molecular complexity index is 871. The van der Waals surface area contributed by atoms with E-state index < -0.39 is 21.0 Å². The number of nitrogens with two attached hydrogens (primary N) is 1. The molecule has 0 radical (unpaired) electrons. The first kappa shape index (κ1) is 19.4. The average molecular weight is 390 g/mol. The molecule has 1 aromatic carbocycles. The van der Waals surface area contributed by atoms with E-state index in [-0.39, 0.29) is 30.0 Å². The van der Waals surface area contributed by atoms with Crippen LogP contribution in [0.25, 0.3) is 0 Å². The lowest BCUT2D eigenvalue weighted by atomic mass is 10.0. The van der Waals surface area contributed by atoms with Gasteiger partial charge in [-0.2, -0.15) is 0 Å². The molecular weight excluding hydrogens is 373 g/mol. The van der Waals surface area contributed by atoms with Gasteiger partial charge in [-0.05, 0) is 29.8 Å². The molecule has 0 aliphatic carbocycles. The normalized spacial score (nSPS) is 17.8. The standard InChI is InChI=1S/C15H16FN3O4S.ClH/c16-11-3-1-2-10(8-11)12-9-18-6-7-19(12)15(20)13-4-5-14(23-13)24(17,21)22;/h1-5,8,12,18H,6-7,9H2,(H2,17,21,22);1H. The van der Waals surface area contributed by atoms with E-state index >= 15 is 0 Å². The SMILES string of the molecule is Cl.NS(=O)(=O)c1ccc(C(=O)N2CCNCC2c2cccc(F)c2)o1. The lowest BCUT2D eigenvalue weighted by molar-refractivity contribution is 0.0595. The third-order valence-corrected chi connectivity index (χ3v) is 4.59. The zero-order chi connectivity index (χ0) is 17.3. The van der Waals surface area contributed by atoms with Gasteiger partial charge in [-0.1, -0.05) is 12.1 Å². The Morgan fingerprint density at radius 1 is 1.32 bits per heavy atom. The molecular formula is C15H17ClFN3O4S. The van der Waals surface area contributed by atoms with Crippen LogP contribution in [0.1, 0.15) is 22.2 Å². The van der Waals surface area contributed by atoms with Gasteiger partial charge >= 0.3 is 0 Å². The summed E-state index contributed by atoms with van der Waals surface area (Å²) in [5, 5.41) is 7.67. The maximum Gasteiger partial charge on any atom is 0.290 e. The molecule has 3 rings (SSSR count). The minimum Gasteiger partial charge on any atom is -0.438 e. The van der Waals surface area contributed by atoms with Crippen LogP contribution in [0.2, 0.25) is 0 Å². The number of nitrogens with zero attached hydrogens (tertiary/aromatic N) is 1. The second-order valence-electron chi connectivity index (χ2n) is 5.44. The Hall–Kier alpha value is -1.94. The van der Waals surface area contributed by atoms with E-state index in [1.54, 1.807) is 12.1 Å². The van der Waals surface area contributed by atoms with Gasteiger partial charge in [0, 0.05) is 19.6 Å². The smallest absolute Gasteiger partial charge is 0.290 e. The fourth-order valence-electron chi connectivity index (χ4n) is 2.69. The highest BCUT2D eigenvalue weighted by Gasteiger charge is 2.31. The van der Waals surface area contributed by atoms with Gasteiger partial charge < -0.3 is 14.6 Å². The van der Waals surface area contributed by atoms with Crippen LogP contribution >= 0.6 is 12.4 Å². The molecule has 2 heterocycles. The molecule has 1 aliphatic heterocycles. The van der Waals surface area contributed by atoms with E-state index in [0.29, 0.717) is 25.2 Å². The number of rotatable bonds is 3. The third kappa shape index (κ3) is 4.18. The Morgan fingerprint density at radius 2 is 2.08 bits per heavy atom. The Morgan fingerprint density at radius 3 is 2.72 bits per heavy atom. The summed E-state index contributed by atoms with van der Waals surface area (Å²) < 4.78 is 41.1. The predicted molar refractivity (Wildman–Crippen MR) is 90.4 cm³/mol. The summed E-state index contributed by atoms with van der Waals surface area (Å²) in [5.74, 6) is -0.983. The minimum absolute atomic E-state index is 0. The summed E-state index contributed by atoms with van der Waals surface area (Å²) in [6, 6.07) is 8.04. The molecule has 7 nitrogen and oxygen atoms in total. The molecule has 0 spiro atoms. The number of halogens is 2. The first-order valence-electron chi connectivity index (χ1n) is 7.26. The number of furan rings is 1. The number of carbonyl (C=O) groups excluding carboxylic acids is 1. The number of hydrogen-bond acceptors (Lipinski definition) is 5. The van der Waals surface area contributed by atoms with Crippen molar-refractivity contribution in [2.75, 3.05) is 19.6 Å². The first-order chi connectivity index (χ1) is 11.4. The summed E-state index contributed by atoms with van der Waals surface area (Å²) in [5.41, 5.74) is 0.647.